The van der Waals surface area contributed by atoms with Crippen LogP contribution in [0.1, 0.15) is 34.3 Å². The zero-order chi connectivity index (χ0) is 19.6. The second-order valence-electron chi connectivity index (χ2n) is 6.36. The molecule has 0 aliphatic heterocycles. The number of aromatic nitrogens is 1. The molecule has 0 radical (unpaired) electrons. The molecule has 0 unspecified atom stereocenters. The maximum Gasteiger partial charge on any atom is 0.416 e. The van der Waals surface area contributed by atoms with Crippen LogP contribution in [0.4, 0.5) is 13.2 Å². The van der Waals surface area contributed by atoms with Gasteiger partial charge in [-0.2, -0.15) is 13.2 Å². The molecule has 0 fully saturated rings. The first kappa shape index (κ1) is 19.0. The quantitative estimate of drug-likeness (QED) is 0.539. The van der Waals surface area contributed by atoms with Crippen LogP contribution in [0.2, 0.25) is 0 Å². The van der Waals surface area contributed by atoms with E-state index in [1.165, 1.54) is 18.2 Å². The van der Waals surface area contributed by atoms with Crippen LogP contribution in [0.3, 0.4) is 0 Å². The number of nitrogens with one attached hydrogen (secondary N) is 1. The van der Waals surface area contributed by atoms with Crippen LogP contribution in [0, 0.1) is 0 Å². The molecule has 0 saturated carbocycles. The number of nitrogens with two attached hydrogens (primary N) is 1. The Morgan fingerprint density at radius 1 is 1.07 bits per heavy atom. The Bertz CT molecular complexity index is 960. The molecular formula is C20H19F3N2O2. The van der Waals surface area contributed by atoms with Gasteiger partial charge in [0.2, 0.25) is 0 Å². The number of aromatic amines is 1. The Hall–Kier alpha value is -2.80. The predicted octanol–water partition coefficient (Wildman–Crippen LogP) is 4.83. The van der Waals surface area contributed by atoms with Crippen molar-refractivity contribution >= 4 is 16.9 Å². The molecule has 3 aromatic rings. The van der Waals surface area contributed by atoms with Crippen molar-refractivity contribution in [1.29, 1.82) is 0 Å². The number of carboxylic acid groups (broad SMARTS) is 1. The molecule has 0 aliphatic rings. The second-order valence-corrected chi connectivity index (χ2v) is 6.36. The molecule has 0 amide bonds. The van der Waals surface area contributed by atoms with E-state index in [9.17, 15) is 23.1 Å². The van der Waals surface area contributed by atoms with Gasteiger partial charge in [-0.1, -0.05) is 12.1 Å². The Kier molecular flexibility index (Phi) is 5.23. The molecule has 0 saturated heterocycles. The molecule has 0 aliphatic carbocycles. The number of carbonyl (C=O) groups is 1. The van der Waals surface area contributed by atoms with Crippen molar-refractivity contribution in [2.75, 3.05) is 6.54 Å². The SMILES string of the molecule is NCCCCc1c(-c2ccc(C(F)(F)F)cc2)[nH]c2ccc(C(=O)O)cc12. The maximum absolute atomic E-state index is 12.8. The van der Waals surface area contributed by atoms with Crippen LogP contribution in [-0.4, -0.2) is 22.6 Å². The Morgan fingerprint density at radius 2 is 1.78 bits per heavy atom. The lowest BCUT2D eigenvalue weighted by molar-refractivity contribution is -0.137. The number of aromatic carboxylic acids is 1. The van der Waals surface area contributed by atoms with E-state index in [0.29, 0.717) is 24.2 Å². The minimum absolute atomic E-state index is 0.167. The number of alkyl halides is 3. The van der Waals surface area contributed by atoms with Gasteiger partial charge in [-0.05, 0) is 67.3 Å². The molecule has 0 spiro atoms. The lowest BCUT2D eigenvalue weighted by Crippen LogP contribution is -2.04. The zero-order valence-electron chi connectivity index (χ0n) is 14.4. The van der Waals surface area contributed by atoms with Crippen molar-refractivity contribution in [3.63, 3.8) is 0 Å². The van der Waals surface area contributed by atoms with Gasteiger partial charge in [0, 0.05) is 16.6 Å². The van der Waals surface area contributed by atoms with Gasteiger partial charge in [0.25, 0.3) is 0 Å². The first-order chi connectivity index (χ1) is 12.8. The summed E-state index contributed by atoms with van der Waals surface area (Å²) in [5, 5.41) is 10.0. The van der Waals surface area contributed by atoms with Crippen molar-refractivity contribution in [1.82, 2.24) is 4.98 Å². The largest absolute Gasteiger partial charge is 0.478 e. The smallest absolute Gasteiger partial charge is 0.416 e. The molecule has 4 N–H and O–H groups in total. The summed E-state index contributed by atoms with van der Waals surface area (Å²) >= 11 is 0. The number of hydrogen-bond donors (Lipinski definition) is 3. The van der Waals surface area contributed by atoms with Gasteiger partial charge >= 0.3 is 12.1 Å². The molecule has 27 heavy (non-hydrogen) atoms. The van der Waals surface area contributed by atoms with Crippen molar-refractivity contribution in [3.05, 3.63) is 59.2 Å². The molecule has 7 heteroatoms. The molecule has 1 heterocycles. The number of carboxylic acids is 1. The molecule has 0 bridgehead atoms. The number of halogens is 3. The van der Waals surface area contributed by atoms with Crippen LogP contribution in [0.5, 0.6) is 0 Å². The molecule has 3 rings (SSSR count). The molecule has 142 valence electrons. The molecule has 0 atom stereocenters. The van der Waals surface area contributed by atoms with E-state index in [1.54, 1.807) is 12.1 Å². The molecule has 2 aromatic carbocycles. The topological polar surface area (TPSA) is 79.1 Å². The summed E-state index contributed by atoms with van der Waals surface area (Å²) in [7, 11) is 0. The average molecular weight is 376 g/mol. The van der Waals surface area contributed by atoms with E-state index in [0.717, 1.165) is 41.4 Å². The normalized spacial score (nSPS) is 11.9. The van der Waals surface area contributed by atoms with Crippen LogP contribution >= 0.6 is 0 Å². The van der Waals surface area contributed by atoms with Gasteiger partial charge in [-0.3, -0.25) is 0 Å². The highest BCUT2D eigenvalue weighted by Gasteiger charge is 2.30. The van der Waals surface area contributed by atoms with Crippen molar-refractivity contribution in [3.8, 4) is 11.3 Å². The van der Waals surface area contributed by atoms with Crippen LogP contribution in [-0.2, 0) is 12.6 Å². The minimum Gasteiger partial charge on any atom is -0.478 e. The summed E-state index contributed by atoms with van der Waals surface area (Å²) in [6.07, 6.45) is -2.14. The van der Waals surface area contributed by atoms with E-state index in [2.05, 4.69) is 4.98 Å². The summed E-state index contributed by atoms with van der Waals surface area (Å²) in [6, 6.07) is 9.73. The number of rotatable bonds is 6. The second kappa shape index (κ2) is 7.44. The van der Waals surface area contributed by atoms with Gasteiger partial charge in [0.15, 0.2) is 0 Å². The number of H-pyrrole nitrogens is 1. The number of unbranched alkanes of at least 4 members (excludes halogenated alkanes) is 1. The molecule has 1 aromatic heterocycles. The Balaban J connectivity index is 2.10. The van der Waals surface area contributed by atoms with Gasteiger partial charge in [0.05, 0.1) is 11.1 Å². The fourth-order valence-corrected chi connectivity index (χ4v) is 3.16. The van der Waals surface area contributed by atoms with E-state index >= 15 is 0 Å². The number of aryl methyl sites for hydroxylation is 1. The van der Waals surface area contributed by atoms with E-state index in [-0.39, 0.29) is 5.56 Å². The monoisotopic (exact) mass is 376 g/mol. The molecule has 4 nitrogen and oxygen atoms in total. The van der Waals surface area contributed by atoms with Crippen molar-refractivity contribution in [2.45, 2.75) is 25.4 Å². The highest BCUT2D eigenvalue weighted by molar-refractivity contribution is 5.97. The van der Waals surface area contributed by atoms with E-state index < -0.39 is 17.7 Å². The van der Waals surface area contributed by atoms with E-state index in [4.69, 9.17) is 5.73 Å². The van der Waals surface area contributed by atoms with E-state index in [1.807, 2.05) is 0 Å². The van der Waals surface area contributed by atoms with Gasteiger partial charge in [-0.15, -0.1) is 0 Å². The average Bonchev–Trinajstić information content (AvgIpc) is 2.99. The fraction of sp³-hybridized carbons (Fsp3) is 0.250. The number of hydrogen-bond acceptors (Lipinski definition) is 2. The lowest BCUT2D eigenvalue weighted by atomic mass is 9.98. The predicted molar refractivity (Wildman–Crippen MR) is 97.7 cm³/mol. The number of benzene rings is 2. The Labute approximate surface area is 153 Å². The summed E-state index contributed by atoms with van der Waals surface area (Å²) in [5.74, 6) is -1.03. The van der Waals surface area contributed by atoms with Crippen molar-refractivity contribution < 1.29 is 23.1 Å². The minimum atomic E-state index is -4.39. The third-order valence-electron chi connectivity index (χ3n) is 4.53. The standard InChI is InChI=1S/C20H19F3N2O2/c21-20(22,23)14-7-4-12(5-8-14)18-15(3-1-2-10-24)16-11-13(19(26)27)6-9-17(16)25-18/h4-9,11,25H,1-3,10,24H2,(H,26,27). The lowest BCUT2D eigenvalue weighted by Gasteiger charge is -2.09. The van der Waals surface area contributed by atoms with Crippen molar-refractivity contribution in [2.24, 2.45) is 5.73 Å². The third-order valence-corrected chi connectivity index (χ3v) is 4.53. The fourth-order valence-electron chi connectivity index (χ4n) is 3.16. The van der Waals surface area contributed by atoms with Crippen LogP contribution < -0.4 is 5.73 Å². The van der Waals surface area contributed by atoms with Gasteiger partial charge in [-0.25, -0.2) is 4.79 Å². The number of fused-ring (bicyclic) bond motifs is 1. The zero-order valence-corrected chi connectivity index (χ0v) is 14.4. The van der Waals surface area contributed by atoms with Gasteiger partial charge < -0.3 is 15.8 Å². The van der Waals surface area contributed by atoms with Crippen LogP contribution in [0.15, 0.2) is 42.5 Å². The summed E-state index contributed by atoms with van der Waals surface area (Å²) in [4.78, 5) is 14.5. The third kappa shape index (κ3) is 3.98. The van der Waals surface area contributed by atoms with Gasteiger partial charge in [0.1, 0.15) is 0 Å². The summed E-state index contributed by atoms with van der Waals surface area (Å²) in [5.41, 5.74) is 7.99. The Morgan fingerprint density at radius 3 is 2.37 bits per heavy atom. The first-order valence-electron chi connectivity index (χ1n) is 8.57. The maximum atomic E-state index is 12.8. The summed E-state index contributed by atoms with van der Waals surface area (Å²) < 4.78 is 38.5. The highest BCUT2D eigenvalue weighted by Crippen LogP contribution is 2.35. The van der Waals surface area contributed by atoms with Crippen LogP contribution in [0.25, 0.3) is 22.2 Å². The molecular weight excluding hydrogens is 357 g/mol. The highest BCUT2D eigenvalue weighted by atomic mass is 19.4. The first-order valence-corrected chi connectivity index (χ1v) is 8.57. The summed E-state index contributed by atoms with van der Waals surface area (Å²) in [6.45, 7) is 0.540.